The van der Waals surface area contributed by atoms with Gasteiger partial charge in [0.1, 0.15) is 0 Å². The fourth-order valence-corrected chi connectivity index (χ4v) is 5.07. The molecule has 1 unspecified atom stereocenters. The second-order valence-corrected chi connectivity index (χ2v) is 8.83. The van der Waals surface area contributed by atoms with E-state index >= 15 is 0 Å². The minimum atomic E-state index is -0.261. The summed E-state index contributed by atoms with van der Waals surface area (Å²) in [5.41, 5.74) is 3.41. The maximum absolute atomic E-state index is 13.3. The van der Waals surface area contributed by atoms with Gasteiger partial charge in [-0.2, -0.15) is 0 Å². The summed E-state index contributed by atoms with van der Waals surface area (Å²) in [6, 6.07) is 30.9. The van der Waals surface area contributed by atoms with Gasteiger partial charge in [-0.15, -0.1) is 0 Å². The Morgan fingerprint density at radius 1 is 0.727 bits per heavy atom. The van der Waals surface area contributed by atoms with Gasteiger partial charge in [-0.05, 0) is 23.3 Å². The molecule has 1 atom stereocenters. The monoisotopic (exact) mass is 439 g/mol. The lowest BCUT2D eigenvalue weighted by atomic mass is 9.96. The maximum atomic E-state index is 13.3. The Bertz CT molecular complexity index is 1040. The van der Waals surface area contributed by atoms with Gasteiger partial charge >= 0.3 is 0 Å². The van der Waals surface area contributed by atoms with E-state index < -0.39 is 0 Å². The summed E-state index contributed by atoms with van der Waals surface area (Å²) < 4.78 is 0. The van der Waals surface area contributed by atoms with Crippen molar-refractivity contribution in [2.45, 2.75) is 12.5 Å². The van der Waals surface area contributed by atoms with Crippen LogP contribution < -0.4 is 4.90 Å². The van der Waals surface area contributed by atoms with E-state index in [1.165, 1.54) is 11.1 Å². The molecule has 33 heavy (non-hydrogen) atoms. The molecule has 0 radical (unpaired) electrons. The number of rotatable bonds is 5. The van der Waals surface area contributed by atoms with Crippen molar-refractivity contribution >= 4 is 17.5 Å². The van der Waals surface area contributed by atoms with Crippen molar-refractivity contribution in [3.05, 3.63) is 102 Å². The number of para-hydroxylation sites is 1. The molecule has 2 aliphatic rings. The zero-order chi connectivity index (χ0) is 22.6. The summed E-state index contributed by atoms with van der Waals surface area (Å²) in [6.07, 6.45) is 0.296. The summed E-state index contributed by atoms with van der Waals surface area (Å²) >= 11 is 0. The highest BCUT2D eigenvalue weighted by Gasteiger charge is 2.38. The summed E-state index contributed by atoms with van der Waals surface area (Å²) in [4.78, 5) is 32.0. The molecule has 0 aromatic heterocycles. The number of hydrogen-bond acceptors (Lipinski definition) is 3. The van der Waals surface area contributed by atoms with Crippen LogP contribution in [0.3, 0.4) is 0 Å². The van der Waals surface area contributed by atoms with Gasteiger partial charge in [-0.3, -0.25) is 14.5 Å². The van der Waals surface area contributed by atoms with Gasteiger partial charge in [0.2, 0.25) is 11.8 Å². The number of benzene rings is 3. The first kappa shape index (κ1) is 21.4. The third-order valence-electron chi connectivity index (χ3n) is 6.76. The zero-order valence-corrected chi connectivity index (χ0v) is 18.7. The van der Waals surface area contributed by atoms with Crippen LogP contribution in [0.1, 0.15) is 23.6 Å². The van der Waals surface area contributed by atoms with E-state index in [9.17, 15) is 9.59 Å². The summed E-state index contributed by atoms with van der Waals surface area (Å²) in [6.45, 7) is 3.46. The molecule has 0 N–H and O–H groups in total. The Balaban J connectivity index is 1.26. The van der Waals surface area contributed by atoms with Gasteiger partial charge in [0, 0.05) is 44.8 Å². The third-order valence-corrected chi connectivity index (χ3v) is 6.76. The van der Waals surface area contributed by atoms with E-state index in [0.29, 0.717) is 26.1 Å². The van der Waals surface area contributed by atoms with Crippen LogP contribution in [0, 0.1) is 5.92 Å². The second-order valence-electron chi connectivity index (χ2n) is 8.83. The quantitative estimate of drug-likeness (QED) is 0.604. The Kier molecular flexibility index (Phi) is 6.22. The molecule has 5 nitrogen and oxygen atoms in total. The van der Waals surface area contributed by atoms with Gasteiger partial charge < -0.3 is 9.80 Å². The van der Waals surface area contributed by atoms with Gasteiger partial charge in [-0.1, -0.05) is 78.9 Å². The number of amides is 2. The smallest absolute Gasteiger partial charge is 0.228 e. The molecule has 168 valence electrons. The molecule has 0 aliphatic carbocycles. The topological polar surface area (TPSA) is 43.9 Å². The molecule has 2 saturated heterocycles. The van der Waals surface area contributed by atoms with Gasteiger partial charge in [0.25, 0.3) is 0 Å². The van der Waals surface area contributed by atoms with Gasteiger partial charge in [0.15, 0.2) is 0 Å². The highest BCUT2D eigenvalue weighted by molar-refractivity contribution is 6.00. The van der Waals surface area contributed by atoms with Crippen LogP contribution in [0.5, 0.6) is 0 Å². The first-order valence-electron chi connectivity index (χ1n) is 11.7. The predicted octanol–water partition coefficient (Wildman–Crippen LogP) is 3.97. The maximum Gasteiger partial charge on any atom is 0.228 e. The second kappa shape index (κ2) is 9.59. The molecule has 5 heteroatoms. The lowest BCUT2D eigenvalue weighted by Crippen LogP contribution is -2.51. The number of carbonyl (C=O) groups excluding carboxylic acids is 2. The average Bonchev–Trinajstić information content (AvgIpc) is 3.27. The van der Waals surface area contributed by atoms with Crippen LogP contribution in [-0.2, 0) is 9.59 Å². The molecule has 3 aromatic rings. The Morgan fingerprint density at radius 3 is 1.79 bits per heavy atom. The molecular weight excluding hydrogens is 410 g/mol. The average molecular weight is 440 g/mol. The van der Waals surface area contributed by atoms with Crippen LogP contribution in [0.25, 0.3) is 0 Å². The minimum Gasteiger partial charge on any atom is -0.340 e. The fourth-order valence-electron chi connectivity index (χ4n) is 5.07. The van der Waals surface area contributed by atoms with Crippen LogP contribution in [0.15, 0.2) is 91.0 Å². The van der Waals surface area contributed by atoms with Crippen LogP contribution in [0.4, 0.5) is 5.69 Å². The lowest BCUT2D eigenvalue weighted by Gasteiger charge is -2.40. The number of hydrogen-bond donors (Lipinski definition) is 0. The molecule has 0 bridgehead atoms. The van der Waals surface area contributed by atoms with Crippen molar-refractivity contribution in [2.75, 3.05) is 37.6 Å². The van der Waals surface area contributed by atoms with E-state index in [1.54, 1.807) is 4.90 Å². The van der Waals surface area contributed by atoms with Crippen molar-refractivity contribution < 1.29 is 9.59 Å². The van der Waals surface area contributed by atoms with Crippen LogP contribution in [-0.4, -0.2) is 54.3 Å². The van der Waals surface area contributed by atoms with Crippen molar-refractivity contribution in [3.8, 4) is 0 Å². The minimum absolute atomic E-state index is 0.0337. The van der Waals surface area contributed by atoms with Crippen molar-refractivity contribution in [2.24, 2.45) is 5.92 Å². The van der Waals surface area contributed by atoms with Crippen molar-refractivity contribution in [1.82, 2.24) is 9.80 Å². The first-order valence-corrected chi connectivity index (χ1v) is 11.7. The zero-order valence-electron chi connectivity index (χ0n) is 18.7. The number of carbonyl (C=O) groups is 2. The Morgan fingerprint density at radius 2 is 1.24 bits per heavy atom. The fraction of sp³-hybridized carbons (Fsp3) is 0.286. The van der Waals surface area contributed by atoms with E-state index in [1.807, 2.05) is 47.4 Å². The Labute approximate surface area is 195 Å². The van der Waals surface area contributed by atoms with Gasteiger partial charge in [-0.25, -0.2) is 0 Å². The summed E-state index contributed by atoms with van der Waals surface area (Å²) in [5, 5.41) is 0. The normalized spacial score (nSPS) is 19.3. The molecule has 5 rings (SSSR count). The summed E-state index contributed by atoms with van der Waals surface area (Å²) in [7, 11) is 0. The molecule has 3 aromatic carbocycles. The van der Waals surface area contributed by atoms with E-state index in [-0.39, 0.29) is 23.8 Å². The molecule has 2 amide bonds. The van der Waals surface area contributed by atoms with E-state index in [2.05, 4.69) is 53.4 Å². The van der Waals surface area contributed by atoms with E-state index in [4.69, 9.17) is 0 Å². The van der Waals surface area contributed by atoms with Crippen LogP contribution >= 0.6 is 0 Å². The molecule has 2 aliphatic heterocycles. The number of piperazine rings is 1. The van der Waals surface area contributed by atoms with Gasteiger partial charge in [0.05, 0.1) is 12.0 Å². The molecule has 2 fully saturated rings. The molecule has 2 heterocycles. The number of nitrogens with zero attached hydrogens (tertiary/aromatic N) is 3. The standard InChI is InChI=1S/C28H29N3O2/c32-26-20-24(21-31(26)25-14-8-3-9-15-25)28(33)30-18-16-29(17-19-30)27(22-10-4-1-5-11-22)23-12-6-2-7-13-23/h1-15,24,27H,16-21H2. The highest BCUT2D eigenvalue weighted by Crippen LogP contribution is 2.31. The molecule has 0 saturated carbocycles. The largest absolute Gasteiger partial charge is 0.340 e. The summed E-state index contributed by atoms with van der Waals surface area (Å²) in [5.74, 6) is -0.118. The molecular formula is C28H29N3O2. The van der Waals surface area contributed by atoms with Crippen molar-refractivity contribution in [1.29, 1.82) is 0 Å². The number of anilines is 1. The Hall–Kier alpha value is -3.44. The third kappa shape index (κ3) is 4.55. The highest BCUT2D eigenvalue weighted by atomic mass is 16.2. The van der Waals surface area contributed by atoms with Crippen LogP contribution in [0.2, 0.25) is 0 Å². The SMILES string of the molecule is O=C(C1CC(=O)N(c2ccccc2)C1)N1CCN(C(c2ccccc2)c2ccccc2)CC1. The lowest BCUT2D eigenvalue weighted by molar-refractivity contribution is -0.137. The molecule has 0 spiro atoms. The van der Waals surface area contributed by atoms with E-state index in [0.717, 1.165) is 18.8 Å². The van der Waals surface area contributed by atoms with Crippen molar-refractivity contribution in [3.63, 3.8) is 0 Å². The predicted molar refractivity (Wildman–Crippen MR) is 130 cm³/mol. The first-order chi connectivity index (χ1) is 16.2.